The molecule has 0 unspecified atom stereocenters. The van der Waals surface area contributed by atoms with Gasteiger partial charge in [0.15, 0.2) is 24.2 Å². The molecular formula is C126H101N3Si3. The quantitative estimate of drug-likeness (QED) is 0.0619. The van der Waals surface area contributed by atoms with Crippen LogP contribution < -0.4 is 62.2 Å². The molecule has 3 heterocycles. The molecule has 0 aliphatic rings. The van der Waals surface area contributed by atoms with E-state index < -0.39 is 24.2 Å². The molecule has 6 heteroatoms. The molecule has 0 saturated heterocycles. The molecule has 0 saturated carbocycles. The zero-order chi connectivity index (χ0) is 89.8. The molecule has 0 atom stereocenters. The summed E-state index contributed by atoms with van der Waals surface area (Å²) in [7, 11) is -8.21. The number of hydrogen-bond donors (Lipinski definition) is 0. The van der Waals surface area contributed by atoms with Crippen molar-refractivity contribution in [3.05, 3.63) is 499 Å². The van der Waals surface area contributed by atoms with Crippen LogP contribution in [0.5, 0.6) is 0 Å². The molecule has 0 bridgehead atoms. The highest BCUT2D eigenvalue weighted by atomic mass is 28.3. The van der Waals surface area contributed by atoms with Gasteiger partial charge in [0.2, 0.25) is 0 Å². The molecule has 0 N–H and O–H groups in total. The predicted molar refractivity (Wildman–Crippen MR) is 575 cm³/mol. The lowest BCUT2D eigenvalue weighted by molar-refractivity contribution is 1.32. The summed E-state index contributed by atoms with van der Waals surface area (Å²) >= 11 is 0. The second kappa shape index (κ2) is 35.0. The highest BCUT2D eigenvalue weighted by molar-refractivity contribution is 7.22. The van der Waals surface area contributed by atoms with E-state index in [9.17, 15) is 0 Å². The van der Waals surface area contributed by atoms with E-state index in [1.54, 1.807) is 0 Å². The van der Waals surface area contributed by atoms with Gasteiger partial charge in [-0.1, -0.05) is 450 Å². The van der Waals surface area contributed by atoms with E-state index in [1.807, 2.05) is 12.4 Å². The minimum absolute atomic E-state index is 1.03. The molecule has 23 aromatic rings. The average molecular weight is 1740 g/mol. The lowest BCUT2D eigenvalue weighted by Crippen LogP contribution is -2.78. The molecule has 0 fully saturated rings. The van der Waals surface area contributed by atoms with Crippen LogP contribution in [-0.4, -0.2) is 39.2 Å². The molecule has 23 rings (SSSR count). The molecule has 0 aliphatic carbocycles. The van der Waals surface area contributed by atoms with E-state index in [1.165, 1.54) is 205 Å². The van der Waals surface area contributed by atoms with Gasteiger partial charge in [0.25, 0.3) is 0 Å². The molecular weight excluding hydrogens is 1640 g/mol. The summed E-state index contributed by atoms with van der Waals surface area (Å²) in [4.78, 5) is 14.7. The van der Waals surface area contributed by atoms with Crippen molar-refractivity contribution >= 4 is 184 Å². The topological polar surface area (TPSA) is 38.7 Å². The number of fused-ring (bicyclic) bond motifs is 15. The third kappa shape index (κ3) is 14.4. The van der Waals surface area contributed by atoms with Crippen LogP contribution in [0.3, 0.4) is 0 Å². The molecule has 0 amide bonds. The SMILES string of the molecule is Cc1cc(C)c([Si](c2c(C)cc(C)cc2C)(c2c(C)cc(C)cc2C)c2cc3cnc4ccccc4c3c3ccccc23)c(C)c1.c1ccc([Si](c2ccccc2)(c2ccccc2)c2ccc(-c3cc4cnc5ccccc5c4c4ccccc34)cc2)cc1.c1ccc([Si](c2ccccc2)(c2ccccc2)c2cccc(-c3cc4cnc5ccccc5c4c4ccccc34)c2)cc1. The Morgan fingerprint density at radius 1 is 0.174 bits per heavy atom. The number of nitrogens with zero attached hydrogens (tertiary/aromatic N) is 3. The first-order valence-electron chi connectivity index (χ1n) is 46.1. The van der Waals surface area contributed by atoms with Crippen LogP contribution in [0.15, 0.2) is 449 Å². The fourth-order valence-corrected chi connectivity index (χ4v) is 39.1. The molecule has 132 heavy (non-hydrogen) atoms. The zero-order valence-corrected chi connectivity index (χ0v) is 79.1. The zero-order valence-electron chi connectivity index (χ0n) is 76.1. The maximum atomic E-state index is 5.01. The van der Waals surface area contributed by atoms with Gasteiger partial charge in [0.05, 0.1) is 16.6 Å². The predicted octanol–water partition coefficient (Wildman–Crippen LogP) is 23.9. The number of aryl methyl sites for hydroxylation is 9. The van der Waals surface area contributed by atoms with Gasteiger partial charge in [-0.05, 0) is 209 Å². The van der Waals surface area contributed by atoms with Crippen LogP contribution in [0.4, 0.5) is 0 Å². The highest BCUT2D eigenvalue weighted by Gasteiger charge is 2.49. The van der Waals surface area contributed by atoms with Gasteiger partial charge in [-0.15, -0.1) is 0 Å². The van der Waals surface area contributed by atoms with Crippen molar-refractivity contribution < 1.29 is 0 Å². The molecule has 0 radical (unpaired) electrons. The van der Waals surface area contributed by atoms with Gasteiger partial charge < -0.3 is 0 Å². The van der Waals surface area contributed by atoms with E-state index in [0.717, 1.165) is 27.3 Å². The van der Waals surface area contributed by atoms with Gasteiger partial charge in [0.1, 0.15) is 0 Å². The largest absolute Gasteiger partial charge is 0.256 e. The second-order valence-electron chi connectivity index (χ2n) is 36.1. The van der Waals surface area contributed by atoms with E-state index in [2.05, 4.69) is 499 Å². The summed E-state index contributed by atoms with van der Waals surface area (Å²) in [5.41, 5.74) is 20.2. The van der Waals surface area contributed by atoms with E-state index in [0.29, 0.717) is 0 Å². The minimum Gasteiger partial charge on any atom is -0.256 e. The third-order valence-corrected chi connectivity index (χ3v) is 43.2. The molecule has 0 aliphatic heterocycles. The number of aromatic nitrogens is 3. The highest BCUT2D eigenvalue weighted by Crippen LogP contribution is 2.41. The van der Waals surface area contributed by atoms with Crippen LogP contribution in [0, 0.1) is 62.3 Å². The van der Waals surface area contributed by atoms with Crippen LogP contribution >= 0.6 is 0 Å². The van der Waals surface area contributed by atoms with Gasteiger partial charge in [-0.25, -0.2) is 0 Å². The Balaban J connectivity index is 0.000000119. The summed E-state index contributed by atoms with van der Waals surface area (Å²) < 4.78 is 0. The Hall–Kier alpha value is -15.2. The van der Waals surface area contributed by atoms with Crippen LogP contribution in [0.1, 0.15) is 50.1 Å². The Labute approximate surface area is 776 Å². The Bertz CT molecular complexity index is 7950. The van der Waals surface area contributed by atoms with E-state index in [-0.39, 0.29) is 0 Å². The number of pyridine rings is 3. The minimum atomic E-state index is -3.01. The third-order valence-electron chi connectivity index (χ3n) is 27.8. The lowest BCUT2D eigenvalue weighted by Gasteiger charge is -2.42. The fourth-order valence-electron chi connectivity index (χ4n) is 23.0. The Morgan fingerprint density at radius 2 is 0.424 bits per heavy atom. The van der Waals surface area contributed by atoms with Gasteiger partial charge in [0, 0.05) is 67.1 Å². The van der Waals surface area contributed by atoms with Crippen molar-refractivity contribution in [1.82, 2.24) is 15.0 Å². The Kier molecular flexibility index (Phi) is 22.2. The molecule has 20 aromatic carbocycles. The first-order valence-corrected chi connectivity index (χ1v) is 52.1. The summed E-state index contributed by atoms with van der Waals surface area (Å²) in [6, 6.07) is 159. The van der Waals surface area contributed by atoms with Crippen LogP contribution in [0.2, 0.25) is 0 Å². The van der Waals surface area contributed by atoms with E-state index >= 15 is 0 Å². The monoisotopic (exact) mass is 1740 g/mol. The Morgan fingerprint density at radius 3 is 0.758 bits per heavy atom. The van der Waals surface area contributed by atoms with Crippen LogP contribution in [0.25, 0.3) is 120 Å². The van der Waals surface area contributed by atoms with Gasteiger partial charge in [-0.2, -0.15) is 0 Å². The smallest absolute Gasteiger partial charge is 0.181 e. The van der Waals surface area contributed by atoms with Gasteiger partial charge in [-0.3, -0.25) is 15.0 Å². The molecule has 3 aromatic heterocycles. The number of benzene rings is 20. The summed E-state index contributed by atoms with van der Waals surface area (Å²) in [6.45, 7) is 20.8. The second-order valence-corrected chi connectivity index (χ2v) is 47.2. The molecule has 3 nitrogen and oxygen atoms in total. The maximum absolute atomic E-state index is 5.01. The summed E-state index contributed by atoms with van der Waals surface area (Å²) in [6.07, 6.45) is 6.18. The van der Waals surface area contributed by atoms with Crippen molar-refractivity contribution in [1.29, 1.82) is 0 Å². The first-order chi connectivity index (χ1) is 64.7. The normalized spacial score (nSPS) is 11.8. The lowest BCUT2D eigenvalue weighted by atomic mass is 9.92. The van der Waals surface area contributed by atoms with Crippen LogP contribution in [-0.2, 0) is 0 Å². The van der Waals surface area contributed by atoms with Crippen molar-refractivity contribution in [3.8, 4) is 22.3 Å². The standard InChI is InChI=1S/C44H43NSi.2C41H29NSi/c1-26-18-29(4)42(30(5)19-26)46(43-31(6)20-27(2)21-32(43)7,44-33(8)22-28(3)23-34(44)9)40-24-35-25-45-39-17-13-12-16-38(39)41(35)37-15-11-10-14-36(37)40;1-4-16-32(17-5-1)43(33-18-6-2-7-19-33,34-20-8-3-9-21-34)35-22-14-15-30(27-35)39-28-31-29-42-40-26-13-12-25-38(40)41(31)37-24-11-10-23-36(37)39;1-4-14-32(15-5-1)43(33-16-6-2-7-17-33,34-18-8-3-9-19-34)35-26-24-30(25-27-35)39-28-31-29-42-40-23-13-12-22-38(40)41(31)37-21-11-10-20-36(37)39/h10-25H,1-9H3;2*1-29H. The first kappa shape index (κ1) is 83.7. The van der Waals surface area contributed by atoms with E-state index in [4.69, 9.17) is 15.0 Å². The van der Waals surface area contributed by atoms with Crippen molar-refractivity contribution in [3.63, 3.8) is 0 Å². The molecule has 632 valence electrons. The maximum Gasteiger partial charge on any atom is 0.181 e. The number of hydrogen-bond acceptors (Lipinski definition) is 3. The van der Waals surface area contributed by atoms with Crippen molar-refractivity contribution in [2.24, 2.45) is 0 Å². The average Bonchev–Trinajstić information content (AvgIpc) is 0.684. The molecule has 0 spiro atoms. The fraction of sp³-hybridized carbons (Fsp3) is 0.0714. The van der Waals surface area contributed by atoms with Crippen molar-refractivity contribution in [2.45, 2.75) is 62.3 Å². The van der Waals surface area contributed by atoms with Gasteiger partial charge >= 0.3 is 0 Å². The summed E-state index contributed by atoms with van der Waals surface area (Å²) in [5, 5.41) is 35.7. The number of rotatable bonds is 14. The van der Waals surface area contributed by atoms with Crippen molar-refractivity contribution in [2.75, 3.05) is 0 Å². The number of para-hydroxylation sites is 3. The summed E-state index contributed by atoms with van der Waals surface area (Å²) in [5.74, 6) is 0.